The van der Waals surface area contributed by atoms with Crippen molar-refractivity contribution in [3.8, 4) is 0 Å². The number of hydrogen-bond donors (Lipinski definition) is 3. The summed E-state index contributed by atoms with van der Waals surface area (Å²) >= 11 is 0. The van der Waals surface area contributed by atoms with Crippen LogP contribution in [0.25, 0.3) is 0 Å². The average molecular weight is 414 g/mol. The van der Waals surface area contributed by atoms with Crippen LogP contribution < -0.4 is 10.6 Å². The van der Waals surface area contributed by atoms with E-state index in [1.807, 2.05) is 37.3 Å². The van der Waals surface area contributed by atoms with Gasteiger partial charge >= 0.3 is 18.2 Å². The van der Waals surface area contributed by atoms with Crippen LogP contribution in [0.5, 0.6) is 0 Å². The van der Waals surface area contributed by atoms with E-state index < -0.39 is 35.0 Å². The van der Waals surface area contributed by atoms with Gasteiger partial charge in [-0.15, -0.1) is 0 Å². The van der Waals surface area contributed by atoms with Crippen LogP contribution in [0, 0.1) is 0 Å². The predicted molar refractivity (Wildman–Crippen MR) is 103 cm³/mol. The molecule has 0 heterocycles. The Kier molecular flexibility index (Phi) is 11.3. The van der Waals surface area contributed by atoms with E-state index in [-0.39, 0.29) is 31.3 Å². The highest BCUT2D eigenvalue weighted by Crippen LogP contribution is 2.00. The number of ether oxygens (including phenoxy) is 2. The molecule has 156 valence electrons. The third-order valence-corrected chi connectivity index (χ3v) is 4.85. The zero-order valence-corrected chi connectivity index (χ0v) is 16.5. The van der Waals surface area contributed by atoms with Gasteiger partial charge in [0.1, 0.15) is 12.6 Å². The Balaban J connectivity index is 2.27. The minimum atomic E-state index is -1.57. The molecule has 1 rings (SSSR count). The molecule has 1 aromatic rings. The standard InChI is InChI=1S/C18H26N2O7S/c1-2-3-10-26-18(24)20-15(16(21)22)13-28(25)11-9-19-17(23)27-12-14-7-5-4-6-8-14/h4-8,15H,2-3,9-13H2,1H3,(H,19,23)(H,20,24)(H,21,22). The Labute approximate surface area is 166 Å². The zero-order chi connectivity index (χ0) is 20.8. The van der Waals surface area contributed by atoms with E-state index in [9.17, 15) is 18.6 Å². The van der Waals surface area contributed by atoms with Crippen molar-refractivity contribution < 1.29 is 33.2 Å². The van der Waals surface area contributed by atoms with Gasteiger partial charge in [-0.1, -0.05) is 43.7 Å². The molecule has 2 atom stereocenters. The van der Waals surface area contributed by atoms with Gasteiger partial charge in [-0.05, 0) is 12.0 Å². The molecule has 0 fully saturated rings. The summed E-state index contributed by atoms with van der Waals surface area (Å²) in [6.45, 7) is 2.27. The molecule has 0 bridgehead atoms. The largest absolute Gasteiger partial charge is 0.480 e. The first-order valence-electron chi connectivity index (χ1n) is 8.88. The number of carboxylic acid groups (broad SMARTS) is 1. The summed E-state index contributed by atoms with van der Waals surface area (Å²) in [6, 6.07) is 7.80. The van der Waals surface area contributed by atoms with Crippen molar-refractivity contribution in [1.29, 1.82) is 0 Å². The first-order chi connectivity index (χ1) is 13.4. The summed E-state index contributed by atoms with van der Waals surface area (Å²) < 4.78 is 21.9. The summed E-state index contributed by atoms with van der Waals surface area (Å²) in [4.78, 5) is 34.3. The van der Waals surface area contributed by atoms with Crippen molar-refractivity contribution in [3.63, 3.8) is 0 Å². The van der Waals surface area contributed by atoms with Crippen LogP contribution in [-0.4, -0.2) is 58.2 Å². The van der Waals surface area contributed by atoms with Crippen LogP contribution in [0.1, 0.15) is 25.3 Å². The Hall–Kier alpha value is -2.62. The summed E-state index contributed by atoms with van der Waals surface area (Å²) in [7, 11) is -1.57. The van der Waals surface area contributed by atoms with Gasteiger partial charge in [0.05, 0.1) is 12.4 Å². The Bertz CT molecular complexity index is 655. The van der Waals surface area contributed by atoms with Crippen LogP contribution in [0.3, 0.4) is 0 Å². The van der Waals surface area contributed by atoms with Crippen LogP contribution in [0.4, 0.5) is 9.59 Å². The first-order valence-corrected chi connectivity index (χ1v) is 10.4. The third kappa shape index (κ3) is 10.5. The monoisotopic (exact) mass is 414 g/mol. The molecule has 28 heavy (non-hydrogen) atoms. The van der Waals surface area contributed by atoms with Gasteiger partial charge in [-0.2, -0.15) is 0 Å². The van der Waals surface area contributed by atoms with Crippen LogP contribution >= 0.6 is 0 Å². The zero-order valence-electron chi connectivity index (χ0n) is 15.7. The van der Waals surface area contributed by atoms with Crippen LogP contribution in [0.15, 0.2) is 30.3 Å². The average Bonchev–Trinajstić information content (AvgIpc) is 2.67. The minimum Gasteiger partial charge on any atom is -0.480 e. The van der Waals surface area contributed by atoms with E-state index in [0.29, 0.717) is 6.42 Å². The molecule has 0 aliphatic carbocycles. The van der Waals surface area contributed by atoms with E-state index in [1.165, 1.54) is 0 Å². The second-order valence-electron chi connectivity index (χ2n) is 5.82. The topological polar surface area (TPSA) is 131 Å². The lowest BCUT2D eigenvalue weighted by Gasteiger charge is -2.14. The number of amides is 2. The number of hydrogen-bond acceptors (Lipinski definition) is 6. The van der Waals surface area contributed by atoms with Crippen molar-refractivity contribution in [2.24, 2.45) is 0 Å². The van der Waals surface area contributed by atoms with Gasteiger partial charge in [0, 0.05) is 23.1 Å². The van der Waals surface area contributed by atoms with E-state index in [1.54, 1.807) is 0 Å². The third-order valence-electron chi connectivity index (χ3n) is 3.49. The minimum absolute atomic E-state index is 0.0246. The Morgan fingerprint density at radius 1 is 1.14 bits per heavy atom. The second-order valence-corrected chi connectivity index (χ2v) is 7.44. The van der Waals surface area contributed by atoms with E-state index in [4.69, 9.17) is 14.6 Å². The fourth-order valence-corrected chi connectivity index (χ4v) is 3.07. The molecular weight excluding hydrogens is 388 g/mol. The number of carboxylic acids is 1. The summed E-state index contributed by atoms with van der Waals surface area (Å²) in [5, 5.41) is 13.8. The molecule has 0 spiro atoms. The van der Waals surface area contributed by atoms with Crippen molar-refractivity contribution in [2.45, 2.75) is 32.4 Å². The molecule has 0 radical (unpaired) electrons. The fraction of sp³-hybridized carbons (Fsp3) is 0.500. The van der Waals surface area contributed by atoms with Crippen molar-refractivity contribution >= 4 is 29.0 Å². The second kappa shape index (κ2) is 13.5. The molecule has 0 aliphatic heterocycles. The smallest absolute Gasteiger partial charge is 0.407 e. The molecular formula is C18H26N2O7S. The van der Waals surface area contributed by atoms with Gasteiger partial charge in [-0.25, -0.2) is 14.4 Å². The summed E-state index contributed by atoms with van der Waals surface area (Å²) in [5.74, 6) is -1.58. The van der Waals surface area contributed by atoms with E-state index in [0.717, 1.165) is 12.0 Å². The highest BCUT2D eigenvalue weighted by Gasteiger charge is 2.23. The van der Waals surface area contributed by atoms with Crippen molar-refractivity contribution in [2.75, 3.05) is 24.7 Å². The highest BCUT2D eigenvalue weighted by molar-refractivity contribution is 7.85. The van der Waals surface area contributed by atoms with Gasteiger partial charge in [-0.3, -0.25) is 4.21 Å². The number of unbranched alkanes of at least 4 members (excludes halogenated alkanes) is 1. The van der Waals surface area contributed by atoms with E-state index >= 15 is 0 Å². The molecule has 3 N–H and O–H groups in total. The molecule has 0 saturated carbocycles. The molecule has 0 aliphatic rings. The SMILES string of the molecule is CCCCOC(=O)NC(CS(=O)CCNC(=O)OCc1ccccc1)C(=O)O. The van der Waals surface area contributed by atoms with Gasteiger partial charge in [0.25, 0.3) is 0 Å². The Morgan fingerprint density at radius 2 is 1.86 bits per heavy atom. The van der Waals surface area contributed by atoms with Gasteiger partial charge < -0.3 is 25.2 Å². The normalized spacial score (nSPS) is 12.5. The van der Waals surface area contributed by atoms with Gasteiger partial charge in [0.2, 0.25) is 0 Å². The number of carbonyl (C=O) groups is 3. The predicted octanol–water partition coefficient (Wildman–Crippen LogP) is 1.64. The first kappa shape index (κ1) is 23.4. The number of rotatable bonds is 12. The number of carbonyl (C=O) groups excluding carboxylic acids is 2. The number of alkyl carbamates (subject to hydrolysis) is 2. The molecule has 2 amide bonds. The molecule has 2 unspecified atom stereocenters. The maximum Gasteiger partial charge on any atom is 0.407 e. The van der Waals surface area contributed by atoms with Crippen molar-refractivity contribution in [1.82, 2.24) is 10.6 Å². The lowest BCUT2D eigenvalue weighted by Crippen LogP contribution is -2.45. The molecule has 9 nitrogen and oxygen atoms in total. The lowest BCUT2D eigenvalue weighted by molar-refractivity contribution is -0.138. The lowest BCUT2D eigenvalue weighted by atomic mass is 10.2. The Morgan fingerprint density at radius 3 is 2.50 bits per heavy atom. The van der Waals surface area contributed by atoms with Gasteiger partial charge in [0.15, 0.2) is 0 Å². The molecule has 1 aromatic carbocycles. The maximum absolute atomic E-state index is 12.0. The molecule has 0 saturated heterocycles. The summed E-state index contributed by atoms with van der Waals surface area (Å²) in [6.07, 6.45) is -0.0162. The van der Waals surface area contributed by atoms with E-state index in [2.05, 4.69) is 10.6 Å². The summed E-state index contributed by atoms with van der Waals surface area (Å²) in [5.41, 5.74) is 0.836. The van der Waals surface area contributed by atoms with Crippen molar-refractivity contribution in [3.05, 3.63) is 35.9 Å². The fourth-order valence-electron chi connectivity index (χ4n) is 1.98. The maximum atomic E-state index is 12.0. The quantitative estimate of drug-likeness (QED) is 0.443. The molecule has 10 heteroatoms. The highest BCUT2D eigenvalue weighted by atomic mass is 32.2. The van der Waals surface area contributed by atoms with Crippen LogP contribution in [-0.2, 0) is 31.7 Å². The molecule has 0 aromatic heterocycles. The van der Waals surface area contributed by atoms with Crippen LogP contribution in [0.2, 0.25) is 0 Å². The number of benzene rings is 1. The number of nitrogens with one attached hydrogen (secondary N) is 2. The number of aliphatic carboxylic acids is 1.